The van der Waals surface area contributed by atoms with Crippen molar-refractivity contribution >= 4 is 21.9 Å². The molecule has 0 saturated carbocycles. The van der Waals surface area contributed by atoms with Crippen molar-refractivity contribution in [2.45, 2.75) is 39.2 Å². The number of hydrogen-bond donors (Lipinski definition) is 1. The van der Waals surface area contributed by atoms with Gasteiger partial charge in [-0.15, -0.1) is 0 Å². The number of imidazole rings is 1. The lowest BCUT2D eigenvalue weighted by Crippen LogP contribution is -2.26. The van der Waals surface area contributed by atoms with Gasteiger partial charge in [-0.3, -0.25) is 0 Å². The standard InChI is InChI=1S/C21H20F3N3O/c1-13-14(2)26(18-9-5-3-7-16(13)18)11-15(28)12-27-19-10-6-4-8-17(19)25-20(27)21(22,23)24/h3-10,15,28H,11-12H2,1-2H3/t15-/m1/s1. The second-order valence-corrected chi connectivity index (χ2v) is 7.02. The molecule has 2 aromatic carbocycles. The summed E-state index contributed by atoms with van der Waals surface area (Å²) >= 11 is 0. The zero-order valence-electron chi connectivity index (χ0n) is 15.5. The van der Waals surface area contributed by atoms with E-state index in [0.29, 0.717) is 5.52 Å². The molecule has 2 aromatic heterocycles. The van der Waals surface area contributed by atoms with Crippen LogP contribution in [0.4, 0.5) is 13.2 Å². The number of benzene rings is 2. The highest BCUT2D eigenvalue weighted by atomic mass is 19.4. The van der Waals surface area contributed by atoms with E-state index in [9.17, 15) is 18.3 Å². The van der Waals surface area contributed by atoms with E-state index in [1.165, 1.54) is 0 Å². The topological polar surface area (TPSA) is 43.0 Å². The Hall–Kier alpha value is -2.80. The highest BCUT2D eigenvalue weighted by Gasteiger charge is 2.38. The highest BCUT2D eigenvalue weighted by molar-refractivity contribution is 5.85. The van der Waals surface area contributed by atoms with Crippen LogP contribution in [0.1, 0.15) is 17.1 Å². The monoisotopic (exact) mass is 387 g/mol. The molecule has 4 rings (SSSR count). The Balaban J connectivity index is 1.71. The van der Waals surface area contributed by atoms with Crippen LogP contribution in [0.25, 0.3) is 21.9 Å². The molecule has 4 nitrogen and oxygen atoms in total. The van der Waals surface area contributed by atoms with Crippen LogP contribution in [0.5, 0.6) is 0 Å². The number of alkyl halides is 3. The van der Waals surface area contributed by atoms with E-state index in [2.05, 4.69) is 4.98 Å². The molecule has 0 aliphatic rings. The van der Waals surface area contributed by atoms with Crippen molar-refractivity contribution in [3.8, 4) is 0 Å². The Morgan fingerprint density at radius 2 is 1.54 bits per heavy atom. The summed E-state index contributed by atoms with van der Waals surface area (Å²) in [6.45, 7) is 3.96. The Morgan fingerprint density at radius 3 is 2.25 bits per heavy atom. The van der Waals surface area contributed by atoms with Gasteiger partial charge in [0, 0.05) is 16.6 Å². The van der Waals surface area contributed by atoms with Crippen LogP contribution in [-0.4, -0.2) is 25.3 Å². The van der Waals surface area contributed by atoms with E-state index in [4.69, 9.17) is 0 Å². The van der Waals surface area contributed by atoms with Gasteiger partial charge in [-0.1, -0.05) is 30.3 Å². The van der Waals surface area contributed by atoms with E-state index in [1.54, 1.807) is 24.3 Å². The maximum Gasteiger partial charge on any atom is 0.449 e. The number of nitrogens with zero attached hydrogens (tertiary/aromatic N) is 3. The van der Waals surface area contributed by atoms with Crippen LogP contribution in [0.15, 0.2) is 48.5 Å². The minimum Gasteiger partial charge on any atom is -0.389 e. The zero-order chi connectivity index (χ0) is 20.1. The number of aliphatic hydroxyl groups excluding tert-OH is 1. The maximum absolute atomic E-state index is 13.5. The second-order valence-electron chi connectivity index (χ2n) is 7.02. The SMILES string of the molecule is Cc1c(C)n(C[C@@H](O)Cn2c(C(F)(F)F)nc3ccccc32)c2ccccc12. The van der Waals surface area contributed by atoms with Crippen LogP contribution >= 0.6 is 0 Å². The summed E-state index contributed by atoms with van der Waals surface area (Å²) in [6, 6.07) is 14.3. The third kappa shape index (κ3) is 3.05. The predicted molar refractivity (Wildman–Crippen MR) is 102 cm³/mol. The van der Waals surface area contributed by atoms with Gasteiger partial charge in [0.1, 0.15) is 0 Å². The van der Waals surface area contributed by atoms with Crippen molar-refractivity contribution in [3.05, 3.63) is 65.6 Å². The molecule has 0 radical (unpaired) electrons. The molecule has 28 heavy (non-hydrogen) atoms. The van der Waals surface area contributed by atoms with Gasteiger partial charge in [0.15, 0.2) is 0 Å². The van der Waals surface area contributed by atoms with Crippen molar-refractivity contribution in [1.82, 2.24) is 14.1 Å². The van der Waals surface area contributed by atoms with Gasteiger partial charge in [0.2, 0.25) is 5.82 Å². The Morgan fingerprint density at radius 1 is 0.929 bits per heavy atom. The lowest BCUT2D eigenvalue weighted by molar-refractivity contribution is -0.147. The quantitative estimate of drug-likeness (QED) is 0.552. The molecule has 0 fully saturated rings. The van der Waals surface area contributed by atoms with Crippen LogP contribution in [-0.2, 0) is 19.3 Å². The van der Waals surface area contributed by atoms with Gasteiger partial charge in [0.05, 0.1) is 30.2 Å². The van der Waals surface area contributed by atoms with Crippen molar-refractivity contribution in [3.63, 3.8) is 0 Å². The molecule has 0 unspecified atom stereocenters. The molecule has 1 atom stereocenters. The smallest absolute Gasteiger partial charge is 0.389 e. The van der Waals surface area contributed by atoms with Crippen molar-refractivity contribution in [2.24, 2.45) is 0 Å². The number of halogens is 3. The van der Waals surface area contributed by atoms with E-state index < -0.39 is 18.1 Å². The fourth-order valence-electron chi connectivity index (χ4n) is 3.80. The van der Waals surface area contributed by atoms with Gasteiger partial charge in [0.25, 0.3) is 0 Å². The molecule has 4 aromatic rings. The molecule has 0 aliphatic carbocycles. The van der Waals surface area contributed by atoms with Crippen LogP contribution < -0.4 is 0 Å². The molecule has 7 heteroatoms. The third-order valence-electron chi connectivity index (χ3n) is 5.24. The summed E-state index contributed by atoms with van der Waals surface area (Å²) < 4.78 is 43.4. The fraction of sp³-hybridized carbons (Fsp3) is 0.286. The third-order valence-corrected chi connectivity index (χ3v) is 5.24. The summed E-state index contributed by atoms with van der Waals surface area (Å²) in [5, 5.41) is 11.8. The summed E-state index contributed by atoms with van der Waals surface area (Å²) in [6.07, 6.45) is -5.60. The minimum absolute atomic E-state index is 0.194. The Kier molecular flexibility index (Phi) is 4.42. The average Bonchev–Trinajstić information content (AvgIpc) is 3.14. The summed E-state index contributed by atoms with van der Waals surface area (Å²) in [5.74, 6) is -0.988. The van der Waals surface area contributed by atoms with Gasteiger partial charge in [-0.05, 0) is 37.6 Å². The number of rotatable bonds is 4. The minimum atomic E-state index is -4.59. The van der Waals surface area contributed by atoms with Crippen LogP contribution in [0, 0.1) is 13.8 Å². The Bertz CT molecular complexity index is 1160. The first-order valence-corrected chi connectivity index (χ1v) is 9.02. The van der Waals surface area contributed by atoms with Crippen molar-refractivity contribution in [1.29, 1.82) is 0 Å². The molecule has 146 valence electrons. The first-order chi connectivity index (χ1) is 13.3. The number of aryl methyl sites for hydroxylation is 1. The molecule has 1 N–H and O–H groups in total. The number of para-hydroxylation sites is 3. The summed E-state index contributed by atoms with van der Waals surface area (Å²) in [7, 11) is 0. The lowest BCUT2D eigenvalue weighted by atomic mass is 10.2. The predicted octanol–water partition coefficient (Wildman–Crippen LogP) is 4.69. The molecule has 0 spiro atoms. The first kappa shape index (κ1) is 18.6. The number of fused-ring (bicyclic) bond motifs is 2. The van der Waals surface area contributed by atoms with E-state index >= 15 is 0 Å². The van der Waals surface area contributed by atoms with E-state index in [0.717, 1.165) is 26.7 Å². The van der Waals surface area contributed by atoms with Gasteiger partial charge < -0.3 is 14.2 Å². The second kappa shape index (κ2) is 6.67. The molecule has 0 amide bonds. The maximum atomic E-state index is 13.5. The number of aliphatic hydroxyl groups is 1. The van der Waals surface area contributed by atoms with Gasteiger partial charge in [-0.2, -0.15) is 13.2 Å². The van der Waals surface area contributed by atoms with Gasteiger partial charge in [-0.25, -0.2) is 4.98 Å². The summed E-state index contributed by atoms with van der Waals surface area (Å²) in [4.78, 5) is 3.74. The molecule has 0 aliphatic heterocycles. The molecular weight excluding hydrogens is 367 g/mol. The van der Waals surface area contributed by atoms with Crippen molar-refractivity contribution in [2.75, 3.05) is 0 Å². The lowest BCUT2D eigenvalue weighted by Gasteiger charge is -2.18. The molecule has 0 bridgehead atoms. The number of hydrogen-bond acceptors (Lipinski definition) is 2. The molecular formula is C21H20F3N3O. The molecule has 2 heterocycles. The number of aromatic nitrogens is 3. The average molecular weight is 387 g/mol. The van der Waals surface area contributed by atoms with Crippen molar-refractivity contribution < 1.29 is 18.3 Å². The van der Waals surface area contributed by atoms with Crippen LogP contribution in [0.3, 0.4) is 0 Å². The van der Waals surface area contributed by atoms with E-state index in [1.807, 2.05) is 42.7 Å². The highest BCUT2D eigenvalue weighted by Crippen LogP contribution is 2.32. The molecule has 0 saturated heterocycles. The first-order valence-electron chi connectivity index (χ1n) is 9.02. The van der Waals surface area contributed by atoms with Gasteiger partial charge >= 0.3 is 6.18 Å². The van der Waals surface area contributed by atoms with Crippen LogP contribution in [0.2, 0.25) is 0 Å². The Labute approximate surface area is 159 Å². The normalized spacial score (nSPS) is 13.5. The fourth-order valence-corrected chi connectivity index (χ4v) is 3.80. The summed E-state index contributed by atoms with van der Waals surface area (Å²) in [5.41, 5.74) is 3.68. The zero-order valence-corrected chi connectivity index (χ0v) is 15.5. The van der Waals surface area contributed by atoms with E-state index in [-0.39, 0.29) is 18.6 Å². The largest absolute Gasteiger partial charge is 0.449 e.